The highest BCUT2D eigenvalue weighted by atomic mass is 32.2. The molecule has 2 rings (SSSR count). The molecule has 4 nitrogen and oxygen atoms in total. The molecule has 2 saturated heterocycles. The van der Waals surface area contributed by atoms with Gasteiger partial charge in [0.05, 0.1) is 0 Å². The van der Waals surface area contributed by atoms with E-state index in [2.05, 4.69) is 23.8 Å². The third kappa shape index (κ3) is 2.08. The summed E-state index contributed by atoms with van der Waals surface area (Å²) in [6.07, 6.45) is 0.788. The van der Waals surface area contributed by atoms with E-state index in [0.717, 1.165) is 38.4 Å². The van der Waals surface area contributed by atoms with Crippen LogP contribution in [0.15, 0.2) is 0 Å². The number of aliphatic carboxylic acids is 1. The van der Waals surface area contributed by atoms with E-state index in [-0.39, 0.29) is 0 Å². The van der Waals surface area contributed by atoms with Crippen LogP contribution < -0.4 is 0 Å². The first kappa shape index (κ1) is 12.2. The third-order valence-corrected chi connectivity index (χ3v) is 5.12. The van der Waals surface area contributed by atoms with Crippen LogP contribution in [0, 0.1) is 0 Å². The second-order valence-electron chi connectivity index (χ2n) is 4.95. The van der Waals surface area contributed by atoms with Crippen LogP contribution in [-0.2, 0) is 4.79 Å². The molecule has 2 heterocycles. The van der Waals surface area contributed by atoms with Crippen molar-refractivity contribution in [2.24, 2.45) is 0 Å². The fourth-order valence-electron chi connectivity index (χ4n) is 2.61. The van der Waals surface area contributed by atoms with E-state index in [4.69, 9.17) is 0 Å². The third-order valence-electron chi connectivity index (χ3n) is 3.74. The number of carbonyl (C=O) groups is 1. The van der Waals surface area contributed by atoms with E-state index in [1.54, 1.807) is 11.8 Å². The molecule has 2 aliphatic heterocycles. The van der Waals surface area contributed by atoms with Crippen molar-refractivity contribution in [1.82, 2.24) is 9.80 Å². The highest BCUT2D eigenvalue weighted by Crippen LogP contribution is 2.39. The molecule has 2 fully saturated rings. The number of thioether (sulfide) groups is 1. The largest absolute Gasteiger partial charge is 0.480 e. The number of rotatable bonds is 2. The summed E-state index contributed by atoms with van der Waals surface area (Å²) < 4.78 is 0. The van der Waals surface area contributed by atoms with Crippen LogP contribution in [-0.4, -0.2) is 70.6 Å². The number of carboxylic acid groups (broad SMARTS) is 1. The molecule has 0 amide bonds. The molecule has 0 bridgehead atoms. The van der Waals surface area contributed by atoms with Gasteiger partial charge in [-0.05, 0) is 13.5 Å². The second-order valence-corrected chi connectivity index (χ2v) is 6.38. The molecule has 0 aliphatic carbocycles. The standard InChI is InChI=1S/C11H20N2O2S/c1-9-7-11(8-16-9,10(14)15)13-5-3-12(2)4-6-13/h9H,3-8H2,1-2H3,(H,14,15). The van der Waals surface area contributed by atoms with Gasteiger partial charge in [-0.3, -0.25) is 9.69 Å². The van der Waals surface area contributed by atoms with Gasteiger partial charge in [0.2, 0.25) is 0 Å². The van der Waals surface area contributed by atoms with E-state index < -0.39 is 11.5 Å². The van der Waals surface area contributed by atoms with Crippen molar-refractivity contribution in [3.05, 3.63) is 0 Å². The molecule has 2 atom stereocenters. The van der Waals surface area contributed by atoms with Gasteiger partial charge >= 0.3 is 5.97 Å². The van der Waals surface area contributed by atoms with E-state index in [1.807, 2.05) is 0 Å². The van der Waals surface area contributed by atoms with Gasteiger partial charge < -0.3 is 10.0 Å². The Morgan fingerprint density at radius 2 is 2.00 bits per heavy atom. The highest BCUT2D eigenvalue weighted by molar-refractivity contribution is 8.00. The van der Waals surface area contributed by atoms with Crippen molar-refractivity contribution < 1.29 is 9.90 Å². The lowest BCUT2D eigenvalue weighted by molar-refractivity contribution is -0.151. The number of nitrogens with zero attached hydrogens (tertiary/aromatic N) is 2. The molecule has 2 aliphatic rings. The summed E-state index contributed by atoms with van der Waals surface area (Å²) in [4.78, 5) is 16.0. The zero-order valence-corrected chi connectivity index (χ0v) is 10.8. The average Bonchev–Trinajstić information content (AvgIpc) is 2.63. The predicted molar refractivity (Wildman–Crippen MR) is 66.0 cm³/mol. The molecule has 5 heteroatoms. The number of hydrogen-bond donors (Lipinski definition) is 1. The van der Waals surface area contributed by atoms with Gasteiger partial charge in [0.1, 0.15) is 5.54 Å². The number of piperazine rings is 1. The second kappa shape index (κ2) is 4.55. The lowest BCUT2D eigenvalue weighted by atomic mass is 9.93. The summed E-state index contributed by atoms with van der Waals surface area (Å²) in [5, 5.41) is 10.00. The minimum absolute atomic E-state index is 0.468. The zero-order chi connectivity index (χ0) is 11.8. The molecule has 1 N–H and O–H groups in total. The Balaban J connectivity index is 2.11. The van der Waals surface area contributed by atoms with Gasteiger partial charge in [0.15, 0.2) is 0 Å². The summed E-state index contributed by atoms with van der Waals surface area (Å²) in [5.74, 6) is 0.113. The van der Waals surface area contributed by atoms with Gasteiger partial charge in [-0.2, -0.15) is 11.8 Å². The first-order valence-electron chi connectivity index (χ1n) is 5.83. The van der Waals surface area contributed by atoms with Gasteiger partial charge in [0, 0.05) is 37.2 Å². The molecule has 0 radical (unpaired) electrons. The monoisotopic (exact) mass is 244 g/mol. The van der Waals surface area contributed by atoms with Crippen molar-refractivity contribution in [2.75, 3.05) is 39.0 Å². The van der Waals surface area contributed by atoms with E-state index >= 15 is 0 Å². The average molecular weight is 244 g/mol. The summed E-state index contributed by atoms with van der Waals surface area (Å²) in [5.41, 5.74) is -0.592. The van der Waals surface area contributed by atoms with E-state index in [9.17, 15) is 9.90 Å². The van der Waals surface area contributed by atoms with Crippen LogP contribution in [0.25, 0.3) is 0 Å². The molecule has 0 saturated carbocycles. The van der Waals surface area contributed by atoms with Crippen LogP contribution in [0.5, 0.6) is 0 Å². The van der Waals surface area contributed by atoms with Crippen LogP contribution in [0.3, 0.4) is 0 Å². The summed E-state index contributed by atoms with van der Waals surface area (Å²) in [7, 11) is 2.09. The molecule has 0 aromatic heterocycles. The normalized spacial score (nSPS) is 37.8. The summed E-state index contributed by atoms with van der Waals surface area (Å²) in [6.45, 7) is 5.86. The van der Waals surface area contributed by atoms with Crippen LogP contribution in [0.1, 0.15) is 13.3 Å². The lowest BCUT2D eigenvalue weighted by Gasteiger charge is -2.42. The molecular formula is C11H20N2O2S. The Kier molecular flexibility index (Phi) is 3.47. The van der Waals surface area contributed by atoms with Crippen molar-refractivity contribution in [3.63, 3.8) is 0 Å². The van der Waals surface area contributed by atoms with Crippen molar-refractivity contribution in [2.45, 2.75) is 24.1 Å². The fraction of sp³-hybridized carbons (Fsp3) is 0.909. The zero-order valence-electron chi connectivity index (χ0n) is 9.98. The Morgan fingerprint density at radius 3 is 2.44 bits per heavy atom. The summed E-state index contributed by atoms with van der Waals surface area (Å²) in [6, 6.07) is 0. The quantitative estimate of drug-likeness (QED) is 0.770. The maximum absolute atomic E-state index is 11.6. The van der Waals surface area contributed by atoms with Crippen LogP contribution >= 0.6 is 11.8 Å². The Bertz CT molecular complexity index is 279. The maximum Gasteiger partial charge on any atom is 0.325 e. The molecule has 2 unspecified atom stereocenters. The molecule has 0 aromatic rings. The molecule has 16 heavy (non-hydrogen) atoms. The Morgan fingerprint density at radius 1 is 1.38 bits per heavy atom. The topological polar surface area (TPSA) is 43.8 Å². The van der Waals surface area contributed by atoms with E-state index in [1.165, 1.54) is 0 Å². The fourth-order valence-corrected chi connectivity index (χ4v) is 3.99. The predicted octanol–water partition coefficient (Wildman–Crippen LogP) is 0.583. The molecule has 0 aromatic carbocycles. The lowest BCUT2D eigenvalue weighted by Crippen LogP contribution is -2.60. The van der Waals surface area contributed by atoms with Gasteiger partial charge in [-0.25, -0.2) is 0 Å². The molecule has 92 valence electrons. The number of likely N-dealkylation sites (N-methyl/N-ethyl adjacent to an activating group) is 1. The Labute approximate surface area is 101 Å². The molecular weight excluding hydrogens is 224 g/mol. The minimum atomic E-state index is -0.631. The number of hydrogen-bond acceptors (Lipinski definition) is 4. The SMILES string of the molecule is CC1CC(C(=O)O)(N2CCN(C)CC2)CS1. The minimum Gasteiger partial charge on any atom is -0.480 e. The van der Waals surface area contributed by atoms with Crippen LogP contribution in [0.4, 0.5) is 0 Å². The van der Waals surface area contributed by atoms with Crippen molar-refractivity contribution >= 4 is 17.7 Å². The van der Waals surface area contributed by atoms with Gasteiger partial charge in [-0.15, -0.1) is 0 Å². The Hall–Kier alpha value is -0.260. The maximum atomic E-state index is 11.6. The van der Waals surface area contributed by atoms with Crippen molar-refractivity contribution in [3.8, 4) is 0 Å². The smallest absolute Gasteiger partial charge is 0.325 e. The summed E-state index contributed by atoms with van der Waals surface area (Å²) >= 11 is 1.79. The molecule has 0 spiro atoms. The van der Waals surface area contributed by atoms with Crippen molar-refractivity contribution in [1.29, 1.82) is 0 Å². The first-order valence-corrected chi connectivity index (χ1v) is 6.88. The van der Waals surface area contributed by atoms with Gasteiger partial charge in [0.25, 0.3) is 0 Å². The van der Waals surface area contributed by atoms with Crippen LogP contribution in [0.2, 0.25) is 0 Å². The number of carboxylic acids is 1. The van der Waals surface area contributed by atoms with E-state index in [0.29, 0.717) is 5.25 Å². The first-order chi connectivity index (χ1) is 7.54. The highest BCUT2D eigenvalue weighted by Gasteiger charge is 2.49. The van der Waals surface area contributed by atoms with Gasteiger partial charge in [-0.1, -0.05) is 6.92 Å².